The molecule has 3 aromatic rings. The van der Waals surface area contributed by atoms with E-state index in [4.69, 9.17) is 19.6 Å². The Morgan fingerprint density at radius 1 is 1.24 bits per heavy atom. The third kappa shape index (κ3) is 3.23. The van der Waals surface area contributed by atoms with E-state index < -0.39 is 23.6 Å². The molecule has 0 spiro atoms. The van der Waals surface area contributed by atoms with Gasteiger partial charge in [-0.2, -0.15) is 0 Å². The first-order valence-corrected chi connectivity index (χ1v) is 11.9. The summed E-state index contributed by atoms with van der Waals surface area (Å²) in [6.45, 7) is 3.35. The molecule has 3 aliphatic rings. The van der Waals surface area contributed by atoms with Gasteiger partial charge in [0.25, 0.3) is 5.91 Å². The number of nitrogens with zero attached hydrogens (tertiary/aromatic N) is 3. The maximum absolute atomic E-state index is 13.5. The lowest BCUT2D eigenvalue weighted by Crippen LogP contribution is -2.45. The van der Waals surface area contributed by atoms with Crippen molar-refractivity contribution in [2.24, 2.45) is 11.7 Å². The van der Waals surface area contributed by atoms with E-state index >= 15 is 0 Å². The average molecular weight is 504 g/mol. The summed E-state index contributed by atoms with van der Waals surface area (Å²) in [5.41, 5.74) is 7.47. The largest absolute Gasteiger partial charge is 0.497 e. The van der Waals surface area contributed by atoms with Crippen LogP contribution in [0.2, 0.25) is 0 Å². The number of urea groups is 1. The molecule has 3 aliphatic heterocycles. The highest BCUT2D eigenvalue weighted by molar-refractivity contribution is 6.12. The third-order valence-electron chi connectivity index (χ3n) is 7.15. The molecule has 0 aliphatic carbocycles. The first-order chi connectivity index (χ1) is 17.7. The summed E-state index contributed by atoms with van der Waals surface area (Å²) in [6.07, 6.45) is 3.28. The van der Waals surface area contributed by atoms with Crippen LogP contribution in [0, 0.1) is 5.92 Å². The smallest absolute Gasteiger partial charge is 0.325 e. The second-order valence-electron chi connectivity index (χ2n) is 9.65. The topological polar surface area (TPSA) is 140 Å². The van der Waals surface area contributed by atoms with Crippen LogP contribution in [0.1, 0.15) is 35.5 Å². The van der Waals surface area contributed by atoms with Crippen molar-refractivity contribution >= 4 is 34.6 Å². The number of carbonyl (C=O) groups excluding carboxylic acids is 3. The van der Waals surface area contributed by atoms with Gasteiger partial charge in [-0.25, -0.2) is 4.79 Å². The number of aromatic nitrogens is 1. The molecule has 190 valence electrons. The normalized spacial score (nSPS) is 20.9. The molecule has 2 atom stereocenters. The number of esters is 1. The minimum absolute atomic E-state index is 0.0996. The van der Waals surface area contributed by atoms with Crippen molar-refractivity contribution in [2.75, 3.05) is 20.4 Å². The van der Waals surface area contributed by atoms with Crippen molar-refractivity contribution in [3.8, 4) is 5.75 Å². The quantitative estimate of drug-likeness (QED) is 0.489. The molecule has 37 heavy (non-hydrogen) atoms. The fraction of sp³-hybridized carbons (Fsp3) is 0.308. The number of fused-ring (bicyclic) bond motifs is 5. The van der Waals surface area contributed by atoms with Gasteiger partial charge in [0.1, 0.15) is 23.1 Å². The van der Waals surface area contributed by atoms with Crippen molar-refractivity contribution < 1.29 is 28.3 Å². The number of rotatable bonds is 6. The van der Waals surface area contributed by atoms with E-state index in [-0.39, 0.29) is 25.1 Å². The number of amides is 3. The van der Waals surface area contributed by atoms with Crippen LogP contribution in [0.25, 0.3) is 16.7 Å². The Morgan fingerprint density at radius 3 is 2.78 bits per heavy atom. The maximum atomic E-state index is 13.5. The number of methoxy groups -OCH3 is 1. The number of ether oxygens (including phenoxy) is 2. The zero-order valence-electron chi connectivity index (χ0n) is 20.5. The van der Waals surface area contributed by atoms with E-state index in [1.807, 2.05) is 13.8 Å². The molecule has 11 nitrogen and oxygen atoms in total. The fourth-order valence-electron chi connectivity index (χ4n) is 5.13. The van der Waals surface area contributed by atoms with Crippen molar-refractivity contribution in [3.05, 3.63) is 65.3 Å². The van der Waals surface area contributed by atoms with Crippen molar-refractivity contribution in [3.63, 3.8) is 0 Å². The molecule has 11 heteroatoms. The molecule has 3 N–H and O–H groups in total. The van der Waals surface area contributed by atoms with E-state index in [0.717, 1.165) is 5.39 Å². The Labute approximate surface area is 211 Å². The summed E-state index contributed by atoms with van der Waals surface area (Å²) in [5.74, 6) is 0.000892. The van der Waals surface area contributed by atoms with Gasteiger partial charge < -0.3 is 29.8 Å². The lowest BCUT2D eigenvalue weighted by Gasteiger charge is -2.25. The SMILES string of the molecule is COc1ccc2c(c1)C(=O)N1C[C@@]3(c4cc5cnccc5o4)NC(=O)N(COC(=O)[C@H](N)C(C)C)C3=C21. The van der Waals surface area contributed by atoms with Gasteiger partial charge in [-0.05, 0) is 36.2 Å². The van der Waals surface area contributed by atoms with Crippen LogP contribution in [0.4, 0.5) is 4.79 Å². The first-order valence-electron chi connectivity index (χ1n) is 11.9. The lowest BCUT2D eigenvalue weighted by molar-refractivity contribution is -0.149. The van der Waals surface area contributed by atoms with Crippen molar-refractivity contribution in [1.82, 2.24) is 20.1 Å². The number of hydrogen-bond acceptors (Lipinski definition) is 8. The van der Waals surface area contributed by atoms with Gasteiger partial charge in [-0.1, -0.05) is 13.8 Å². The number of hydrogen-bond donors (Lipinski definition) is 2. The molecule has 2 aromatic heterocycles. The molecule has 1 aromatic carbocycles. The summed E-state index contributed by atoms with van der Waals surface area (Å²) in [5, 5.41) is 3.76. The van der Waals surface area contributed by atoms with Crippen LogP contribution in [0.5, 0.6) is 5.75 Å². The number of nitrogens with two attached hydrogens (primary N) is 1. The highest BCUT2D eigenvalue weighted by Gasteiger charge is 2.61. The summed E-state index contributed by atoms with van der Waals surface area (Å²) in [7, 11) is 1.53. The predicted octanol–water partition coefficient (Wildman–Crippen LogP) is 2.38. The molecule has 0 radical (unpaired) electrons. The zero-order valence-corrected chi connectivity index (χ0v) is 20.5. The number of carbonyl (C=O) groups is 3. The van der Waals surface area contributed by atoms with Gasteiger partial charge in [0.2, 0.25) is 0 Å². The minimum atomic E-state index is -1.19. The Hall–Kier alpha value is -4.38. The summed E-state index contributed by atoms with van der Waals surface area (Å²) in [4.78, 5) is 46.5. The van der Waals surface area contributed by atoms with Gasteiger partial charge in [-0.3, -0.25) is 19.5 Å². The highest BCUT2D eigenvalue weighted by Crippen LogP contribution is 2.53. The average Bonchev–Trinajstić information content (AvgIpc) is 3.60. The van der Waals surface area contributed by atoms with Crippen LogP contribution >= 0.6 is 0 Å². The van der Waals surface area contributed by atoms with Crippen LogP contribution in [0.3, 0.4) is 0 Å². The Morgan fingerprint density at radius 2 is 2.05 bits per heavy atom. The standard InChI is InChI=1S/C26H25N5O6/c1-13(2)20(27)24(33)36-12-31-22-21-16-5-4-15(35-3)9-17(16)23(32)30(21)11-26(22,29-25(31)34)19-8-14-10-28-7-6-18(14)37-19/h4-10,13,20H,11-12,27H2,1-3H3,(H,29,34)/t20-,26+/m1/s1. The zero-order chi connectivity index (χ0) is 26.1. The summed E-state index contributed by atoms with van der Waals surface area (Å²) < 4.78 is 17.0. The molecule has 0 bridgehead atoms. The molecule has 6 rings (SSSR count). The number of furan rings is 1. The molecular weight excluding hydrogens is 478 g/mol. The second kappa shape index (κ2) is 8.07. The van der Waals surface area contributed by atoms with Gasteiger partial charge in [0.05, 0.1) is 30.6 Å². The molecule has 1 fully saturated rings. The number of benzene rings is 1. The van der Waals surface area contributed by atoms with Crippen LogP contribution < -0.4 is 15.8 Å². The maximum Gasteiger partial charge on any atom is 0.325 e. The molecular formula is C26H25N5O6. The monoisotopic (exact) mass is 503 g/mol. The highest BCUT2D eigenvalue weighted by atomic mass is 16.5. The van der Waals surface area contributed by atoms with Crippen molar-refractivity contribution in [2.45, 2.75) is 25.4 Å². The van der Waals surface area contributed by atoms with Crippen molar-refractivity contribution in [1.29, 1.82) is 0 Å². The Balaban J connectivity index is 1.50. The van der Waals surface area contributed by atoms with Gasteiger partial charge in [0.15, 0.2) is 12.3 Å². The van der Waals surface area contributed by atoms with E-state index in [2.05, 4.69) is 10.3 Å². The number of pyridine rings is 1. The van der Waals surface area contributed by atoms with E-state index in [1.54, 1.807) is 47.6 Å². The van der Waals surface area contributed by atoms with E-state index in [9.17, 15) is 14.4 Å². The van der Waals surface area contributed by atoms with Crippen LogP contribution in [-0.2, 0) is 15.1 Å². The lowest BCUT2D eigenvalue weighted by atomic mass is 9.92. The van der Waals surface area contributed by atoms with E-state index in [1.165, 1.54) is 12.0 Å². The minimum Gasteiger partial charge on any atom is -0.497 e. The summed E-state index contributed by atoms with van der Waals surface area (Å²) in [6, 6.07) is 7.43. The Kier molecular flexibility index (Phi) is 5.02. The predicted molar refractivity (Wildman–Crippen MR) is 131 cm³/mol. The molecule has 0 unspecified atom stereocenters. The second-order valence-corrected chi connectivity index (χ2v) is 9.65. The van der Waals surface area contributed by atoms with Gasteiger partial charge >= 0.3 is 12.0 Å². The van der Waals surface area contributed by atoms with Gasteiger partial charge in [0, 0.05) is 23.3 Å². The molecule has 5 heterocycles. The van der Waals surface area contributed by atoms with E-state index in [0.29, 0.717) is 39.6 Å². The van der Waals surface area contributed by atoms with Crippen LogP contribution in [0.15, 0.2) is 52.8 Å². The summed E-state index contributed by atoms with van der Waals surface area (Å²) >= 11 is 0. The molecule has 0 saturated carbocycles. The molecule has 3 amide bonds. The fourth-order valence-corrected chi connectivity index (χ4v) is 5.13. The third-order valence-corrected chi connectivity index (χ3v) is 7.15. The van der Waals surface area contributed by atoms with Gasteiger partial charge in [-0.15, -0.1) is 0 Å². The Bertz CT molecular complexity index is 1480. The molecule has 1 saturated heterocycles. The van der Waals surface area contributed by atoms with Crippen LogP contribution in [-0.4, -0.2) is 59.1 Å². The number of nitrogens with one attached hydrogen (secondary N) is 1. The first kappa shape index (κ1) is 23.0.